The summed E-state index contributed by atoms with van der Waals surface area (Å²) in [6.07, 6.45) is 3.39. The van der Waals surface area contributed by atoms with Crippen LogP contribution in [0.1, 0.15) is 22.1 Å². The number of carbonyl (C=O) groups is 1. The lowest BCUT2D eigenvalue weighted by molar-refractivity contribution is 0.0627. The average Bonchev–Trinajstić information content (AvgIpc) is 3.17. The molecule has 1 unspecified atom stereocenters. The van der Waals surface area contributed by atoms with Crippen molar-refractivity contribution in [3.63, 3.8) is 0 Å². The molecule has 0 spiro atoms. The Morgan fingerprint density at radius 3 is 3.00 bits per heavy atom. The Hall–Kier alpha value is -1.67. The van der Waals surface area contributed by atoms with Gasteiger partial charge in [-0.2, -0.15) is 0 Å². The van der Waals surface area contributed by atoms with Crippen LogP contribution in [0.4, 0.5) is 4.39 Å². The largest absolute Gasteiger partial charge is 0.328 e. The van der Waals surface area contributed by atoms with Crippen LogP contribution >= 0.6 is 36.2 Å². The Bertz CT molecular complexity index is 869. The van der Waals surface area contributed by atoms with E-state index in [1.807, 2.05) is 16.3 Å². The Kier molecular flexibility index (Phi) is 6.40. The number of carbonyl (C=O) groups excluding carboxylic acids is 1. The average molecular weight is 403 g/mol. The summed E-state index contributed by atoms with van der Waals surface area (Å²) in [6.45, 7) is 1.94. The zero-order valence-corrected chi connectivity index (χ0v) is 15.5. The molecule has 1 aromatic carbocycles. The number of fused-ring (bicyclic) bond motifs is 1. The van der Waals surface area contributed by atoms with Gasteiger partial charge in [-0.25, -0.2) is 9.37 Å². The van der Waals surface area contributed by atoms with Crippen LogP contribution in [-0.2, 0) is 0 Å². The number of halogens is 3. The number of imidazole rings is 1. The third kappa shape index (κ3) is 3.64. The molecule has 0 aliphatic carbocycles. The quantitative estimate of drug-likeness (QED) is 0.715. The fourth-order valence-corrected chi connectivity index (χ4v) is 3.81. The van der Waals surface area contributed by atoms with Crippen molar-refractivity contribution in [2.24, 2.45) is 0 Å². The molecule has 1 amide bonds. The van der Waals surface area contributed by atoms with E-state index < -0.39 is 0 Å². The maximum Gasteiger partial charge on any atom is 0.272 e. The number of piperazine rings is 1. The number of amides is 1. The molecule has 1 fully saturated rings. The van der Waals surface area contributed by atoms with Gasteiger partial charge in [0.1, 0.15) is 22.7 Å². The summed E-state index contributed by atoms with van der Waals surface area (Å²) in [4.78, 5) is 19.8. The van der Waals surface area contributed by atoms with Gasteiger partial charge in [-0.05, 0) is 17.7 Å². The van der Waals surface area contributed by atoms with Crippen LogP contribution in [0.25, 0.3) is 4.83 Å². The summed E-state index contributed by atoms with van der Waals surface area (Å²) in [6, 6.07) is 6.28. The lowest BCUT2D eigenvalue weighted by Crippen LogP contribution is -2.49. The summed E-state index contributed by atoms with van der Waals surface area (Å²) < 4.78 is 15.4. The maximum atomic E-state index is 13.6. The molecule has 3 heterocycles. The normalized spacial score (nSPS) is 17.0. The van der Waals surface area contributed by atoms with Gasteiger partial charge >= 0.3 is 0 Å². The second kappa shape index (κ2) is 8.14. The summed E-state index contributed by atoms with van der Waals surface area (Å²) in [5.74, 6) is -0.335. The SMILES string of the molecule is Cl.Cl.O=C(c1csc2cncn12)N1CCNCC1c1cccc(F)c1. The molecular formula is C16H17Cl2FN4OS. The van der Waals surface area contributed by atoms with E-state index in [-0.39, 0.29) is 42.6 Å². The minimum Gasteiger partial charge on any atom is -0.328 e. The molecule has 2 aromatic heterocycles. The van der Waals surface area contributed by atoms with Crippen LogP contribution in [0.5, 0.6) is 0 Å². The summed E-state index contributed by atoms with van der Waals surface area (Å²) in [5, 5.41) is 5.13. The highest BCUT2D eigenvalue weighted by molar-refractivity contribution is 7.15. The van der Waals surface area contributed by atoms with Crippen molar-refractivity contribution in [1.82, 2.24) is 19.6 Å². The number of thiazole rings is 1. The number of aromatic nitrogens is 2. The van der Waals surface area contributed by atoms with E-state index in [9.17, 15) is 9.18 Å². The van der Waals surface area contributed by atoms with E-state index in [2.05, 4.69) is 10.3 Å². The van der Waals surface area contributed by atoms with Gasteiger partial charge in [0.25, 0.3) is 5.91 Å². The molecule has 1 aliphatic heterocycles. The second-order valence-corrected chi connectivity index (χ2v) is 6.39. The van der Waals surface area contributed by atoms with Crippen molar-refractivity contribution >= 4 is 46.9 Å². The number of nitrogens with one attached hydrogen (secondary N) is 1. The van der Waals surface area contributed by atoms with Gasteiger partial charge in [-0.15, -0.1) is 36.2 Å². The summed E-state index contributed by atoms with van der Waals surface area (Å²) in [7, 11) is 0. The molecule has 134 valence electrons. The van der Waals surface area contributed by atoms with Crippen LogP contribution in [0.2, 0.25) is 0 Å². The molecule has 25 heavy (non-hydrogen) atoms. The van der Waals surface area contributed by atoms with Gasteiger partial charge in [0.2, 0.25) is 0 Å². The van der Waals surface area contributed by atoms with E-state index in [0.717, 1.165) is 16.9 Å². The molecule has 0 bridgehead atoms. The fraction of sp³-hybridized carbons (Fsp3) is 0.250. The molecular weight excluding hydrogens is 386 g/mol. The predicted octanol–water partition coefficient (Wildman–Crippen LogP) is 3.17. The zero-order valence-electron chi connectivity index (χ0n) is 13.1. The van der Waals surface area contributed by atoms with Gasteiger partial charge in [0.15, 0.2) is 0 Å². The number of rotatable bonds is 2. The lowest BCUT2D eigenvalue weighted by atomic mass is 10.0. The first-order valence-electron chi connectivity index (χ1n) is 7.41. The standard InChI is InChI=1S/C16H15FN4OS.2ClH/c17-12-3-1-2-11(6-12)13-7-18-4-5-20(13)16(22)14-9-23-15-8-19-10-21(14)15;;/h1-3,6,8-10,13,18H,4-5,7H2;2*1H. The van der Waals surface area contributed by atoms with Crippen LogP contribution in [0.3, 0.4) is 0 Å². The van der Waals surface area contributed by atoms with Crippen molar-refractivity contribution < 1.29 is 9.18 Å². The highest BCUT2D eigenvalue weighted by Crippen LogP contribution is 2.26. The first-order chi connectivity index (χ1) is 11.2. The third-order valence-corrected chi connectivity index (χ3v) is 5.00. The van der Waals surface area contributed by atoms with Crippen LogP contribution < -0.4 is 5.32 Å². The fourth-order valence-electron chi connectivity index (χ4n) is 2.98. The number of nitrogens with zero attached hydrogens (tertiary/aromatic N) is 3. The third-order valence-electron chi connectivity index (χ3n) is 4.11. The van der Waals surface area contributed by atoms with Crippen molar-refractivity contribution in [1.29, 1.82) is 0 Å². The highest BCUT2D eigenvalue weighted by atomic mass is 35.5. The second-order valence-electron chi connectivity index (χ2n) is 5.50. The van der Waals surface area contributed by atoms with Gasteiger partial charge in [0.05, 0.1) is 12.2 Å². The van der Waals surface area contributed by atoms with Gasteiger partial charge in [-0.1, -0.05) is 12.1 Å². The molecule has 5 nitrogen and oxygen atoms in total. The molecule has 1 saturated heterocycles. The van der Waals surface area contributed by atoms with E-state index in [4.69, 9.17) is 0 Å². The summed E-state index contributed by atoms with van der Waals surface area (Å²) >= 11 is 1.49. The molecule has 1 N–H and O–H groups in total. The topological polar surface area (TPSA) is 49.6 Å². The molecule has 1 aliphatic rings. The summed E-state index contributed by atoms with van der Waals surface area (Å²) in [5.41, 5.74) is 1.41. The predicted molar refractivity (Wildman–Crippen MR) is 101 cm³/mol. The number of benzene rings is 1. The maximum absolute atomic E-state index is 13.6. The van der Waals surface area contributed by atoms with Crippen molar-refractivity contribution in [3.05, 3.63) is 59.2 Å². The van der Waals surface area contributed by atoms with Crippen molar-refractivity contribution in [2.75, 3.05) is 19.6 Å². The van der Waals surface area contributed by atoms with Crippen molar-refractivity contribution in [3.8, 4) is 0 Å². The molecule has 3 aromatic rings. The first-order valence-corrected chi connectivity index (χ1v) is 8.29. The lowest BCUT2D eigenvalue weighted by Gasteiger charge is -2.36. The van der Waals surface area contributed by atoms with Crippen LogP contribution in [0, 0.1) is 5.82 Å². The van der Waals surface area contributed by atoms with Crippen LogP contribution in [0.15, 0.2) is 42.2 Å². The highest BCUT2D eigenvalue weighted by Gasteiger charge is 2.30. The zero-order chi connectivity index (χ0) is 15.8. The molecule has 0 saturated carbocycles. The van der Waals surface area contributed by atoms with E-state index in [1.165, 1.54) is 23.5 Å². The minimum atomic E-state index is -0.284. The molecule has 0 radical (unpaired) electrons. The van der Waals surface area contributed by atoms with E-state index >= 15 is 0 Å². The Balaban J connectivity index is 0.00000113. The van der Waals surface area contributed by atoms with E-state index in [1.54, 1.807) is 23.0 Å². The minimum absolute atomic E-state index is 0. The Labute approximate surface area is 160 Å². The van der Waals surface area contributed by atoms with Crippen LogP contribution in [-0.4, -0.2) is 39.8 Å². The smallest absolute Gasteiger partial charge is 0.272 e. The van der Waals surface area contributed by atoms with Gasteiger partial charge in [-0.3, -0.25) is 9.20 Å². The first kappa shape index (κ1) is 19.7. The molecule has 4 rings (SSSR count). The Morgan fingerprint density at radius 1 is 1.36 bits per heavy atom. The monoisotopic (exact) mass is 402 g/mol. The van der Waals surface area contributed by atoms with Crippen molar-refractivity contribution in [2.45, 2.75) is 6.04 Å². The molecule has 9 heteroatoms. The Morgan fingerprint density at radius 2 is 2.20 bits per heavy atom. The van der Waals surface area contributed by atoms with E-state index in [0.29, 0.717) is 18.8 Å². The van der Waals surface area contributed by atoms with Gasteiger partial charge < -0.3 is 10.2 Å². The number of hydrogen-bond donors (Lipinski definition) is 1. The van der Waals surface area contributed by atoms with Gasteiger partial charge in [0, 0.05) is 25.0 Å². The number of hydrogen-bond acceptors (Lipinski definition) is 4. The molecule has 1 atom stereocenters.